The van der Waals surface area contributed by atoms with E-state index < -0.39 is 0 Å². The Morgan fingerprint density at radius 3 is 2.76 bits per heavy atom. The van der Waals surface area contributed by atoms with Crippen LogP contribution < -0.4 is 10.2 Å². The largest absolute Gasteiger partial charge is 0.314 e. The van der Waals surface area contributed by atoms with Crippen molar-refractivity contribution < 1.29 is 4.79 Å². The molecule has 0 atom stereocenters. The molecule has 0 saturated carbocycles. The smallest absolute Gasteiger partial charge is 0.251 e. The van der Waals surface area contributed by atoms with Gasteiger partial charge in [-0.15, -0.1) is 0 Å². The van der Waals surface area contributed by atoms with E-state index in [2.05, 4.69) is 25.4 Å². The van der Waals surface area contributed by atoms with Gasteiger partial charge in [0.05, 0.1) is 5.69 Å². The third-order valence-electron chi connectivity index (χ3n) is 5.25. The van der Waals surface area contributed by atoms with Crippen molar-refractivity contribution in [3.63, 3.8) is 0 Å². The van der Waals surface area contributed by atoms with E-state index >= 15 is 0 Å². The van der Waals surface area contributed by atoms with Crippen LogP contribution in [0.15, 0.2) is 54.7 Å². The molecule has 1 saturated heterocycles. The Morgan fingerprint density at radius 1 is 1.17 bits per heavy atom. The lowest BCUT2D eigenvalue weighted by Crippen LogP contribution is -2.47. The lowest BCUT2D eigenvalue weighted by atomic mass is 10.1. The van der Waals surface area contributed by atoms with Crippen LogP contribution in [0.2, 0.25) is 0 Å². The molecule has 0 aliphatic carbocycles. The first kappa shape index (κ1) is 19.3. The molecule has 7 nitrogen and oxygen atoms in total. The zero-order valence-corrected chi connectivity index (χ0v) is 16.6. The van der Waals surface area contributed by atoms with Crippen LogP contribution in [0.25, 0.3) is 16.6 Å². The number of benzene rings is 1. The van der Waals surface area contributed by atoms with Crippen molar-refractivity contribution in [1.29, 1.82) is 0 Å². The lowest BCUT2D eigenvalue weighted by Gasteiger charge is -2.30. The monoisotopic (exact) mass is 390 g/mol. The number of fused-ring (bicyclic) bond motifs is 1. The number of carbonyl (C=O) groups excluding carboxylic acids is 1. The quantitative estimate of drug-likeness (QED) is 0.632. The average Bonchev–Trinajstić information content (AvgIpc) is 3.20. The normalized spacial score (nSPS) is 15.6. The number of nitrogens with one attached hydrogen (secondary N) is 2. The predicted octanol–water partition coefficient (Wildman–Crippen LogP) is 2.30. The van der Waals surface area contributed by atoms with Gasteiger partial charge in [0, 0.05) is 62.6 Å². The van der Waals surface area contributed by atoms with Gasteiger partial charge < -0.3 is 10.2 Å². The summed E-state index contributed by atoms with van der Waals surface area (Å²) >= 11 is 0. The van der Waals surface area contributed by atoms with Crippen LogP contribution in [0.5, 0.6) is 0 Å². The number of aromatic nitrogens is 3. The molecule has 150 valence electrons. The van der Waals surface area contributed by atoms with E-state index in [-0.39, 0.29) is 5.91 Å². The first-order valence-electron chi connectivity index (χ1n) is 10.00. The van der Waals surface area contributed by atoms with Crippen LogP contribution in [0, 0.1) is 0 Å². The first-order valence-corrected chi connectivity index (χ1v) is 10.00. The van der Waals surface area contributed by atoms with Gasteiger partial charge in [-0.2, -0.15) is 5.10 Å². The van der Waals surface area contributed by atoms with E-state index in [4.69, 9.17) is 0 Å². The Kier molecular flexibility index (Phi) is 5.97. The molecule has 1 amide bonds. The van der Waals surface area contributed by atoms with E-state index in [1.54, 1.807) is 12.3 Å². The second-order valence-electron chi connectivity index (χ2n) is 7.22. The molecular formula is C22H26N6O. The van der Waals surface area contributed by atoms with E-state index in [9.17, 15) is 4.79 Å². The summed E-state index contributed by atoms with van der Waals surface area (Å²) in [6.07, 6.45) is 3.40. The number of hydrogen-bond acceptors (Lipinski definition) is 5. The van der Waals surface area contributed by atoms with Crippen molar-refractivity contribution in [3.05, 3.63) is 60.4 Å². The van der Waals surface area contributed by atoms with Gasteiger partial charge in [-0.1, -0.05) is 18.2 Å². The van der Waals surface area contributed by atoms with Gasteiger partial charge in [-0.05, 0) is 36.8 Å². The molecule has 7 heteroatoms. The highest BCUT2D eigenvalue weighted by molar-refractivity contribution is 6.06. The maximum atomic E-state index is 13.2. The van der Waals surface area contributed by atoms with Crippen molar-refractivity contribution in [2.75, 3.05) is 44.2 Å². The summed E-state index contributed by atoms with van der Waals surface area (Å²) in [4.78, 5) is 21.7. The van der Waals surface area contributed by atoms with Crippen molar-refractivity contribution in [2.24, 2.45) is 0 Å². The van der Waals surface area contributed by atoms with Crippen molar-refractivity contribution >= 4 is 28.2 Å². The maximum absolute atomic E-state index is 13.2. The Hall–Kier alpha value is -3.03. The number of anilines is 1. The summed E-state index contributed by atoms with van der Waals surface area (Å²) in [5.41, 5.74) is 3.24. The Labute approximate surface area is 170 Å². The van der Waals surface area contributed by atoms with Crippen molar-refractivity contribution in [2.45, 2.75) is 6.92 Å². The summed E-state index contributed by atoms with van der Waals surface area (Å²) in [5.74, 6) is -0.0320. The average molecular weight is 390 g/mol. The number of hydrogen-bond donors (Lipinski definition) is 2. The van der Waals surface area contributed by atoms with Crippen LogP contribution in [-0.2, 0) is 4.79 Å². The number of carbonyl (C=O) groups is 1. The molecule has 1 aliphatic rings. The molecule has 29 heavy (non-hydrogen) atoms. The number of para-hydroxylation sites is 1. The minimum Gasteiger partial charge on any atom is -0.314 e. The first-order chi connectivity index (χ1) is 14.2. The van der Waals surface area contributed by atoms with E-state index in [0.717, 1.165) is 55.1 Å². The van der Waals surface area contributed by atoms with Gasteiger partial charge in [0.2, 0.25) is 0 Å². The van der Waals surface area contributed by atoms with Gasteiger partial charge in [-0.3, -0.25) is 14.8 Å². The summed E-state index contributed by atoms with van der Waals surface area (Å²) in [5, 5.41) is 11.5. The number of H-pyrrole nitrogens is 1. The fraction of sp³-hybridized carbons (Fsp3) is 0.318. The third kappa shape index (κ3) is 4.52. The molecule has 4 rings (SSSR count). The van der Waals surface area contributed by atoms with Crippen LogP contribution in [0.1, 0.15) is 12.6 Å². The maximum Gasteiger partial charge on any atom is 0.251 e. The number of pyridine rings is 1. The summed E-state index contributed by atoms with van der Waals surface area (Å²) in [7, 11) is 0. The summed E-state index contributed by atoms with van der Waals surface area (Å²) in [6, 6.07) is 13.7. The number of allylic oxidation sites excluding steroid dienone is 1. The molecule has 3 heterocycles. The van der Waals surface area contributed by atoms with E-state index in [1.807, 2.05) is 54.3 Å². The zero-order chi connectivity index (χ0) is 20.1. The summed E-state index contributed by atoms with van der Waals surface area (Å²) in [6.45, 7) is 7.46. The minimum absolute atomic E-state index is 0.0320. The van der Waals surface area contributed by atoms with Crippen LogP contribution in [-0.4, -0.2) is 65.3 Å². The third-order valence-corrected chi connectivity index (χ3v) is 5.25. The molecular weight excluding hydrogens is 364 g/mol. The van der Waals surface area contributed by atoms with E-state index in [0.29, 0.717) is 12.2 Å². The molecule has 1 fully saturated rings. The van der Waals surface area contributed by atoms with Gasteiger partial charge in [0.15, 0.2) is 5.65 Å². The van der Waals surface area contributed by atoms with Gasteiger partial charge >= 0.3 is 0 Å². The number of nitrogens with zero attached hydrogens (tertiary/aromatic N) is 4. The molecule has 1 aliphatic heterocycles. The number of piperazine rings is 1. The molecule has 0 spiro atoms. The number of aromatic amines is 1. The molecule has 0 bridgehead atoms. The summed E-state index contributed by atoms with van der Waals surface area (Å²) < 4.78 is 0. The lowest BCUT2D eigenvalue weighted by molar-refractivity contribution is -0.114. The van der Waals surface area contributed by atoms with Crippen molar-refractivity contribution in [3.8, 4) is 0 Å². The number of rotatable bonds is 6. The highest BCUT2D eigenvalue weighted by Gasteiger charge is 2.18. The fourth-order valence-corrected chi connectivity index (χ4v) is 3.64. The molecule has 1 aromatic carbocycles. The minimum atomic E-state index is -0.0320. The van der Waals surface area contributed by atoms with Crippen molar-refractivity contribution in [1.82, 2.24) is 25.4 Å². The van der Waals surface area contributed by atoms with Gasteiger partial charge in [0.25, 0.3) is 5.91 Å². The fourth-order valence-electron chi connectivity index (χ4n) is 3.64. The second-order valence-corrected chi connectivity index (χ2v) is 7.22. The predicted molar refractivity (Wildman–Crippen MR) is 116 cm³/mol. The Morgan fingerprint density at radius 2 is 1.97 bits per heavy atom. The highest BCUT2D eigenvalue weighted by Crippen LogP contribution is 2.22. The van der Waals surface area contributed by atoms with Gasteiger partial charge in [0.1, 0.15) is 0 Å². The second kappa shape index (κ2) is 8.98. The topological polar surface area (TPSA) is 77.2 Å². The molecule has 2 aromatic heterocycles. The van der Waals surface area contributed by atoms with Gasteiger partial charge in [-0.25, -0.2) is 4.98 Å². The number of amides is 1. The van der Waals surface area contributed by atoms with E-state index in [1.165, 1.54) is 0 Å². The molecule has 2 N–H and O–H groups in total. The Balaban J connectivity index is 1.56. The highest BCUT2D eigenvalue weighted by atomic mass is 16.2. The Bertz CT molecular complexity index is 991. The SMILES string of the molecule is C/C(=C\C(=O)N(CCN1CCNCC1)c1ccccc1)c1[nH]nc2ncccc12. The van der Waals surface area contributed by atoms with Crippen LogP contribution in [0.3, 0.4) is 0 Å². The standard InChI is InChI=1S/C22H26N6O/c1-17(21-19-8-5-9-24-22(19)26-25-21)16-20(29)28(18-6-3-2-4-7-18)15-14-27-12-10-23-11-13-27/h2-9,16,23H,10-15H2,1H3,(H,24,25,26)/b17-16+. The molecule has 3 aromatic rings. The van der Waals surface area contributed by atoms with Crippen LogP contribution >= 0.6 is 0 Å². The molecule has 0 radical (unpaired) electrons. The van der Waals surface area contributed by atoms with Crippen LogP contribution in [0.4, 0.5) is 5.69 Å². The zero-order valence-electron chi connectivity index (χ0n) is 16.6. The molecule has 0 unspecified atom stereocenters.